The zero-order chi connectivity index (χ0) is 46.1. The van der Waals surface area contributed by atoms with Crippen molar-refractivity contribution in [2.45, 2.75) is 77.3 Å². The van der Waals surface area contributed by atoms with Gasteiger partial charge in [-0.25, -0.2) is 4.98 Å². The lowest BCUT2D eigenvalue weighted by Crippen LogP contribution is -2.67. The van der Waals surface area contributed by atoms with Crippen molar-refractivity contribution < 1.29 is 28.7 Å². The molecular formula is C48H55ClN10O7. The second kappa shape index (κ2) is 17.0. The number of aromatic nitrogens is 3. The third-order valence-corrected chi connectivity index (χ3v) is 15.1. The van der Waals surface area contributed by atoms with Gasteiger partial charge in [-0.15, -0.1) is 0 Å². The number of anilines is 4. The molecule has 4 saturated heterocycles. The standard InChI is InChI=1S/C48H55ClN10O7/c1-28(2)58-34-8-7-31(19-30(34)20-37(44(58)64)66-23-39(61)50-3)52-41-33(49)21-51-46(54-41)56-15-11-29(12-16-56)22-55-17-13-47(14-18-55)24-48(25-47)26-57(27-48)35-6-4-5-32-40(35)45(65)59(43(32)63)36-9-10-38(60)53-42(36)62/h4-8,19-21,28-29,36H,9-18,22-27H2,1-3H3,(H,50,61)(H,51,52,54)(H,53,60,62). The van der Waals surface area contributed by atoms with E-state index in [2.05, 4.69) is 35.6 Å². The zero-order valence-corrected chi connectivity index (χ0v) is 38.3. The number of likely N-dealkylation sites (tertiary alicyclic amines) is 1. The molecule has 1 unspecified atom stereocenters. The minimum Gasteiger partial charge on any atom is -0.478 e. The number of rotatable bonds is 11. The summed E-state index contributed by atoms with van der Waals surface area (Å²) in [7, 11) is 1.52. The number of halogens is 1. The summed E-state index contributed by atoms with van der Waals surface area (Å²) in [6.45, 7) is 10.3. The molecule has 5 fully saturated rings. The van der Waals surface area contributed by atoms with Crippen molar-refractivity contribution in [3.05, 3.63) is 75.2 Å². The summed E-state index contributed by atoms with van der Waals surface area (Å²) < 4.78 is 7.29. The van der Waals surface area contributed by atoms with Gasteiger partial charge in [0.2, 0.25) is 17.8 Å². The van der Waals surface area contributed by atoms with E-state index in [4.69, 9.17) is 21.3 Å². The summed E-state index contributed by atoms with van der Waals surface area (Å²) in [5.74, 6) is -0.434. The van der Waals surface area contributed by atoms with E-state index in [1.807, 2.05) is 44.2 Å². The van der Waals surface area contributed by atoms with E-state index in [-0.39, 0.29) is 54.0 Å². The van der Waals surface area contributed by atoms with Crippen molar-refractivity contribution in [3.8, 4) is 5.75 Å². The van der Waals surface area contributed by atoms with Crippen LogP contribution in [0.2, 0.25) is 5.02 Å². The molecule has 0 radical (unpaired) electrons. The van der Waals surface area contributed by atoms with Crippen LogP contribution < -0.4 is 36.0 Å². The summed E-state index contributed by atoms with van der Waals surface area (Å²) in [4.78, 5) is 94.2. The van der Waals surface area contributed by atoms with Crippen LogP contribution in [0.4, 0.5) is 23.1 Å². The van der Waals surface area contributed by atoms with Gasteiger partial charge in [0.25, 0.3) is 23.3 Å². The van der Waals surface area contributed by atoms with Crippen LogP contribution in [0.3, 0.4) is 0 Å². The number of benzene rings is 2. The highest BCUT2D eigenvalue weighted by molar-refractivity contribution is 6.33. The van der Waals surface area contributed by atoms with Crippen LogP contribution in [0.5, 0.6) is 5.75 Å². The molecule has 1 aliphatic carbocycles. The van der Waals surface area contributed by atoms with E-state index in [1.165, 1.54) is 32.7 Å². The lowest BCUT2D eigenvalue weighted by molar-refractivity contribution is -0.136. The minimum atomic E-state index is -0.974. The maximum Gasteiger partial charge on any atom is 0.293 e. The predicted molar refractivity (Wildman–Crippen MR) is 249 cm³/mol. The van der Waals surface area contributed by atoms with Gasteiger partial charge in [-0.3, -0.25) is 39.0 Å². The van der Waals surface area contributed by atoms with Crippen molar-refractivity contribution in [2.24, 2.45) is 16.7 Å². The van der Waals surface area contributed by atoms with E-state index in [0.29, 0.717) is 39.2 Å². The average molecular weight is 919 g/mol. The Labute approximate surface area is 387 Å². The van der Waals surface area contributed by atoms with E-state index < -0.39 is 23.8 Å². The first-order valence-corrected chi connectivity index (χ1v) is 23.5. The number of nitrogens with one attached hydrogen (secondary N) is 3. The van der Waals surface area contributed by atoms with Gasteiger partial charge in [0, 0.05) is 68.7 Å². The maximum atomic E-state index is 13.7. The molecule has 7 heterocycles. The number of amides is 5. The molecule has 1 atom stereocenters. The number of hydrogen-bond acceptors (Lipinski definition) is 13. The smallest absolute Gasteiger partial charge is 0.293 e. The van der Waals surface area contributed by atoms with E-state index >= 15 is 0 Å². The number of nitrogens with zero attached hydrogens (tertiary/aromatic N) is 7. The van der Waals surface area contributed by atoms with E-state index in [0.717, 1.165) is 85.8 Å². The summed E-state index contributed by atoms with van der Waals surface area (Å²) in [6.07, 6.45) is 8.71. The molecule has 10 rings (SSSR count). The van der Waals surface area contributed by atoms with Crippen LogP contribution in [-0.4, -0.2) is 119 Å². The first kappa shape index (κ1) is 43.8. The van der Waals surface area contributed by atoms with Crippen molar-refractivity contribution in [1.82, 2.24) is 35.0 Å². The van der Waals surface area contributed by atoms with Crippen LogP contribution in [0.15, 0.2) is 53.5 Å². The third kappa shape index (κ3) is 7.92. The normalized spacial score (nSPS) is 21.6. The third-order valence-electron chi connectivity index (χ3n) is 14.8. The summed E-state index contributed by atoms with van der Waals surface area (Å²) in [5, 5.41) is 9.29. The number of piperidine rings is 3. The molecule has 17 nitrogen and oxygen atoms in total. The van der Waals surface area contributed by atoms with Crippen molar-refractivity contribution in [2.75, 3.05) is 74.6 Å². The number of fused-ring (bicyclic) bond motifs is 2. The van der Waals surface area contributed by atoms with Crippen LogP contribution in [0.1, 0.15) is 92.0 Å². The molecule has 2 spiro atoms. The van der Waals surface area contributed by atoms with Gasteiger partial charge in [0.05, 0.1) is 28.5 Å². The van der Waals surface area contributed by atoms with Crippen LogP contribution >= 0.6 is 11.6 Å². The molecule has 6 aliphatic rings. The fraction of sp³-hybridized carbons (Fsp3) is 0.500. The first-order valence-electron chi connectivity index (χ1n) is 23.1. The highest BCUT2D eigenvalue weighted by Gasteiger charge is 2.60. The van der Waals surface area contributed by atoms with Gasteiger partial charge in [0.15, 0.2) is 18.2 Å². The van der Waals surface area contributed by atoms with Crippen LogP contribution in [0.25, 0.3) is 10.9 Å². The molecule has 66 heavy (non-hydrogen) atoms. The van der Waals surface area contributed by atoms with Gasteiger partial charge >= 0.3 is 0 Å². The van der Waals surface area contributed by atoms with Gasteiger partial charge in [-0.2, -0.15) is 4.98 Å². The molecule has 2 aromatic heterocycles. The topological polar surface area (TPSA) is 191 Å². The molecule has 2 aromatic carbocycles. The maximum absolute atomic E-state index is 13.7. The van der Waals surface area contributed by atoms with Gasteiger partial charge in [0.1, 0.15) is 11.1 Å². The number of hydrogen-bond donors (Lipinski definition) is 3. The predicted octanol–water partition coefficient (Wildman–Crippen LogP) is 4.89. The molecular weight excluding hydrogens is 864 g/mol. The molecule has 3 N–H and O–H groups in total. The Kier molecular flexibility index (Phi) is 11.3. The van der Waals surface area contributed by atoms with Gasteiger partial charge < -0.3 is 34.6 Å². The van der Waals surface area contributed by atoms with Crippen LogP contribution in [0, 0.1) is 16.7 Å². The molecule has 5 aliphatic heterocycles. The largest absolute Gasteiger partial charge is 0.478 e. The number of likely N-dealkylation sites (N-methyl/N-ethyl adjacent to an activating group) is 1. The molecule has 1 saturated carbocycles. The molecule has 4 aromatic rings. The SMILES string of the molecule is CNC(=O)COc1cc2cc(Nc3nc(N4CCC(CN5CCC6(CC5)CC5(CN(c7cccc8c7C(=O)N(C7CCC(=O)NC7=O)C8=O)C5)C6)CC4)ncc3Cl)ccc2n(C(C)C)c1=O. The van der Waals surface area contributed by atoms with E-state index in [9.17, 15) is 28.8 Å². The Morgan fingerprint density at radius 3 is 2.41 bits per heavy atom. The fourth-order valence-electron chi connectivity index (χ4n) is 11.7. The van der Waals surface area contributed by atoms with Crippen molar-refractivity contribution >= 4 is 75.2 Å². The Morgan fingerprint density at radius 2 is 1.70 bits per heavy atom. The summed E-state index contributed by atoms with van der Waals surface area (Å²) in [5.41, 5.74) is 3.23. The first-order chi connectivity index (χ1) is 31.7. The molecule has 346 valence electrons. The number of carbonyl (C=O) groups excluding carboxylic acids is 5. The molecule has 5 amide bonds. The number of ether oxygens (including phenoxy) is 1. The lowest BCUT2D eigenvalue weighted by Gasteiger charge is -2.66. The van der Waals surface area contributed by atoms with Crippen molar-refractivity contribution in [1.29, 1.82) is 0 Å². The van der Waals surface area contributed by atoms with Crippen molar-refractivity contribution in [3.63, 3.8) is 0 Å². The Bertz CT molecular complexity index is 2710. The van der Waals surface area contributed by atoms with E-state index in [1.54, 1.807) is 22.9 Å². The number of carbonyl (C=O) groups is 5. The second-order valence-corrected chi connectivity index (χ2v) is 20.0. The quantitative estimate of drug-likeness (QED) is 0.173. The highest BCUT2D eigenvalue weighted by Crippen LogP contribution is 2.63. The molecule has 18 heteroatoms. The minimum absolute atomic E-state index is 0.0952. The Balaban J connectivity index is 0.704. The van der Waals surface area contributed by atoms with Gasteiger partial charge in [-0.1, -0.05) is 17.7 Å². The van der Waals surface area contributed by atoms with Gasteiger partial charge in [-0.05, 0) is 120 Å². The summed E-state index contributed by atoms with van der Waals surface area (Å²) in [6, 6.07) is 11.6. The number of imide groups is 2. The fourth-order valence-corrected chi connectivity index (χ4v) is 11.8. The average Bonchev–Trinajstić information content (AvgIpc) is 3.53. The highest BCUT2D eigenvalue weighted by atomic mass is 35.5. The lowest BCUT2D eigenvalue weighted by atomic mass is 9.47. The Morgan fingerprint density at radius 1 is 0.939 bits per heavy atom. The Hall–Kier alpha value is -6.07. The zero-order valence-electron chi connectivity index (χ0n) is 37.5. The van der Waals surface area contributed by atoms with Crippen LogP contribution in [-0.2, 0) is 14.4 Å². The summed E-state index contributed by atoms with van der Waals surface area (Å²) >= 11 is 6.63. The monoisotopic (exact) mass is 918 g/mol. The molecule has 0 bridgehead atoms. The number of pyridine rings is 1. The second-order valence-electron chi connectivity index (χ2n) is 19.6.